The van der Waals surface area contributed by atoms with E-state index in [1.165, 1.54) is 11.1 Å². The molecule has 2 nitrogen and oxygen atoms in total. The van der Waals surface area contributed by atoms with E-state index in [0.29, 0.717) is 6.42 Å². The fraction of sp³-hybridized carbons (Fsp3) is 0.357. The molecular formula is C14H17NOS. The fourth-order valence-corrected chi connectivity index (χ4v) is 2.79. The van der Waals surface area contributed by atoms with E-state index in [-0.39, 0.29) is 0 Å². The number of aryl methyl sites for hydroxylation is 2. The molecule has 1 aromatic carbocycles. The number of rotatable bonds is 3. The van der Waals surface area contributed by atoms with Gasteiger partial charge in [0, 0.05) is 18.0 Å². The summed E-state index contributed by atoms with van der Waals surface area (Å²) < 4.78 is 0. The Morgan fingerprint density at radius 2 is 1.88 bits per heavy atom. The first kappa shape index (κ1) is 12.3. The fourth-order valence-electron chi connectivity index (χ4n) is 2.02. The number of aliphatic hydroxyl groups is 1. The van der Waals surface area contributed by atoms with Crippen LogP contribution in [-0.2, 0) is 12.0 Å². The quantitative estimate of drug-likeness (QED) is 0.903. The van der Waals surface area contributed by atoms with Crippen molar-refractivity contribution in [1.29, 1.82) is 0 Å². The average molecular weight is 247 g/mol. The van der Waals surface area contributed by atoms with Crippen molar-refractivity contribution in [3.8, 4) is 0 Å². The van der Waals surface area contributed by atoms with E-state index in [1.54, 1.807) is 17.5 Å². The van der Waals surface area contributed by atoms with Crippen molar-refractivity contribution in [1.82, 2.24) is 4.98 Å². The van der Waals surface area contributed by atoms with Crippen LogP contribution in [0.1, 0.15) is 28.6 Å². The van der Waals surface area contributed by atoms with Gasteiger partial charge in [0.2, 0.25) is 0 Å². The van der Waals surface area contributed by atoms with Crippen LogP contribution < -0.4 is 0 Å². The molecule has 2 rings (SSSR count). The van der Waals surface area contributed by atoms with Crippen molar-refractivity contribution in [2.24, 2.45) is 0 Å². The Morgan fingerprint density at radius 1 is 1.24 bits per heavy atom. The smallest absolute Gasteiger partial charge is 0.0956 e. The predicted octanol–water partition coefficient (Wildman–Crippen LogP) is 3.21. The Bertz CT molecular complexity index is 483. The number of aromatic nitrogens is 1. The molecule has 0 fully saturated rings. The lowest BCUT2D eigenvalue weighted by molar-refractivity contribution is 0.0574. The second-order valence-corrected chi connectivity index (χ2v) is 5.73. The summed E-state index contributed by atoms with van der Waals surface area (Å²) in [6, 6.07) is 6.20. The second-order valence-electron chi connectivity index (χ2n) is 4.75. The van der Waals surface area contributed by atoms with Crippen LogP contribution >= 0.6 is 11.3 Å². The molecule has 0 amide bonds. The molecule has 17 heavy (non-hydrogen) atoms. The lowest BCUT2D eigenvalue weighted by Gasteiger charge is -2.23. The highest BCUT2D eigenvalue weighted by Crippen LogP contribution is 2.27. The lowest BCUT2D eigenvalue weighted by Crippen LogP contribution is -2.24. The van der Waals surface area contributed by atoms with Gasteiger partial charge in [0.25, 0.3) is 0 Å². The van der Waals surface area contributed by atoms with E-state index < -0.39 is 5.60 Å². The Balaban J connectivity index is 2.30. The van der Waals surface area contributed by atoms with Crippen molar-refractivity contribution in [2.45, 2.75) is 32.8 Å². The zero-order valence-corrected chi connectivity index (χ0v) is 11.2. The lowest BCUT2D eigenvalue weighted by atomic mass is 9.90. The van der Waals surface area contributed by atoms with Crippen molar-refractivity contribution >= 4 is 11.3 Å². The monoisotopic (exact) mass is 247 g/mol. The number of thiazole rings is 1. The maximum absolute atomic E-state index is 10.6. The zero-order chi connectivity index (χ0) is 12.5. The van der Waals surface area contributed by atoms with Crippen molar-refractivity contribution in [3.63, 3.8) is 0 Å². The van der Waals surface area contributed by atoms with Gasteiger partial charge in [0.15, 0.2) is 0 Å². The van der Waals surface area contributed by atoms with Gasteiger partial charge in [0.05, 0.1) is 10.6 Å². The molecular weight excluding hydrogens is 230 g/mol. The maximum Gasteiger partial charge on any atom is 0.0956 e. The highest BCUT2D eigenvalue weighted by Gasteiger charge is 2.25. The molecule has 0 aliphatic carbocycles. The van der Waals surface area contributed by atoms with Crippen LogP contribution in [0, 0.1) is 13.8 Å². The van der Waals surface area contributed by atoms with Crippen LogP contribution in [0.3, 0.4) is 0 Å². The Hall–Kier alpha value is -1.19. The molecule has 0 bridgehead atoms. The van der Waals surface area contributed by atoms with Gasteiger partial charge in [0.1, 0.15) is 0 Å². The first-order valence-electron chi connectivity index (χ1n) is 5.67. The van der Waals surface area contributed by atoms with Gasteiger partial charge in [-0.15, -0.1) is 11.3 Å². The van der Waals surface area contributed by atoms with E-state index in [1.807, 2.05) is 24.4 Å². The van der Waals surface area contributed by atoms with Crippen LogP contribution in [0.2, 0.25) is 0 Å². The third-order valence-electron chi connectivity index (χ3n) is 2.82. The molecule has 0 radical (unpaired) electrons. The molecule has 0 aliphatic rings. The van der Waals surface area contributed by atoms with Crippen LogP contribution in [-0.4, -0.2) is 10.1 Å². The summed E-state index contributed by atoms with van der Waals surface area (Å²) in [6.07, 6.45) is 2.34. The zero-order valence-electron chi connectivity index (χ0n) is 10.4. The Labute approximate surface area is 106 Å². The number of hydrogen-bond donors (Lipinski definition) is 1. The Morgan fingerprint density at radius 3 is 2.41 bits per heavy atom. The van der Waals surface area contributed by atoms with Gasteiger partial charge in [-0.05, 0) is 26.3 Å². The van der Waals surface area contributed by atoms with Gasteiger partial charge < -0.3 is 5.11 Å². The molecule has 1 atom stereocenters. The number of nitrogens with zero attached hydrogens (tertiary/aromatic N) is 1. The topological polar surface area (TPSA) is 33.1 Å². The number of hydrogen-bond acceptors (Lipinski definition) is 3. The van der Waals surface area contributed by atoms with E-state index in [0.717, 1.165) is 10.6 Å². The minimum atomic E-state index is -0.853. The van der Waals surface area contributed by atoms with E-state index in [2.05, 4.69) is 24.9 Å². The minimum Gasteiger partial charge on any atom is -0.385 e. The van der Waals surface area contributed by atoms with Crippen LogP contribution in [0.4, 0.5) is 0 Å². The third kappa shape index (κ3) is 2.93. The average Bonchev–Trinajstić information content (AvgIpc) is 2.68. The minimum absolute atomic E-state index is 0.563. The molecule has 1 heterocycles. The number of benzene rings is 1. The van der Waals surface area contributed by atoms with E-state index in [4.69, 9.17) is 0 Å². The van der Waals surface area contributed by atoms with Crippen LogP contribution in [0.25, 0.3) is 0 Å². The first-order valence-corrected chi connectivity index (χ1v) is 6.55. The summed E-state index contributed by atoms with van der Waals surface area (Å²) in [6.45, 7) is 5.95. The highest BCUT2D eigenvalue weighted by molar-refractivity contribution is 7.09. The third-order valence-corrected chi connectivity index (χ3v) is 3.60. The molecule has 3 heteroatoms. The van der Waals surface area contributed by atoms with Gasteiger partial charge in [-0.2, -0.15) is 0 Å². The summed E-state index contributed by atoms with van der Waals surface area (Å²) >= 11 is 1.58. The molecule has 0 saturated carbocycles. The normalized spacial score (nSPS) is 14.6. The van der Waals surface area contributed by atoms with Crippen molar-refractivity contribution < 1.29 is 5.11 Å². The molecule has 2 aromatic rings. The SMILES string of the molecule is Cc1cc(C)cc(C(C)(O)Cc2nccs2)c1. The van der Waals surface area contributed by atoms with Crippen LogP contribution in [0.15, 0.2) is 29.8 Å². The molecule has 90 valence electrons. The molecule has 1 aromatic heterocycles. The van der Waals surface area contributed by atoms with Gasteiger partial charge in [-0.3, -0.25) is 0 Å². The summed E-state index contributed by atoms with van der Waals surface area (Å²) in [5, 5.41) is 13.5. The Kier molecular flexibility index (Phi) is 3.31. The summed E-state index contributed by atoms with van der Waals surface area (Å²) in [5.74, 6) is 0. The van der Waals surface area contributed by atoms with Gasteiger partial charge in [-0.25, -0.2) is 4.98 Å². The van der Waals surface area contributed by atoms with Crippen molar-refractivity contribution in [3.05, 3.63) is 51.5 Å². The van der Waals surface area contributed by atoms with E-state index >= 15 is 0 Å². The standard InChI is InChI=1S/C14H17NOS/c1-10-6-11(2)8-12(7-10)14(3,16)9-13-15-4-5-17-13/h4-8,16H,9H2,1-3H3. The summed E-state index contributed by atoms with van der Waals surface area (Å²) in [5.41, 5.74) is 2.47. The van der Waals surface area contributed by atoms with Gasteiger partial charge >= 0.3 is 0 Å². The summed E-state index contributed by atoms with van der Waals surface area (Å²) in [4.78, 5) is 4.23. The van der Waals surface area contributed by atoms with Gasteiger partial charge in [-0.1, -0.05) is 29.3 Å². The van der Waals surface area contributed by atoms with E-state index in [9.17, 15) is 5.11 Å². The van der Waals surface area contributed by atoms with Crippen LogP contribution in [0.5, 0.6) is 0 Å². The predicted molar refractivity (Wildman–Crippen MR) is 71.3 cm³/mol. The molecule has 0 spiro atoms. The van der Waals surface area contributed by atoms with Crippen molar-refractivity contribution in [2.75, 3.05) is 0 Å². The second kappa shape index (κ2) is 4.59. The molecule has 1 unspecified atom stereocenters. The summed E-state index contributed by atoms with van der Waals surface area (Å²) in [7, 11) is 0. The first-order chi connectivity index (χ1) is 7.97. The molecule has 1 N–H and O–H groups in total. The maximum atomic E-state index is 10.6. The molecule has 0 saturated heterocycles. The highest BCUT2D eigenvalue weighted by atomic mass is 32.1. The largest absolute Gasteiger partial charge is 0.385 e. The molecule has 0 aliphatic heterocycles.